The van der Waals surface area contributed by atoms with E-state index in [-0.39, 0.29) is 11.7 Å². The first-order valence-corrected chi connectivity index (χ1v) is 8.36. The lowest BCUT2D eigenvalue weighted by molar-refractivity contribution is -0.696. The second-order valence-electron chi connectivity index (χ2n) is 6.18. The lowest BCUT2D eigenvalue weighted by Crippen LogP contribution is -2.49. The van der Waals surface area contributed by atoms with Crippen molar-refractivity contribution in [1.29, 1.82) is 0 Å². The molecule has 0 N–H and O–H groups in total. The highest BCUT2D eigenvalue weighted by Crippen LogP contribution is 2.20. The van der Waals surface area contributed by atoms with Gasteiger partial charge in [0.2, 0.25) is 5.91 Å². The molecule has 0 unspecified atom stereocenters. The summed E-state index contributed by atoms with van der Waals surface area (Å²) in [5.41, 5.74) is 1.83. The van der Waals surface area contributed by atoms with E-state index in [1.165, 1.54) is 11.6 Å². The molecule has 0 radical (unpaired) electrons. The second kappa shape index (κ2) is 7.43. The normalized spacial score (nSPS) is 14.8. The van der Waals surface area contributed by atoms with Crippen molar-refractivity contribution in [2.24, 2.45) is 0 Å². The van der Waals surface area contributed by atoms with Gasteiger partial charge in [-0.05, 0) is 24.6 Å². The summed E-state index contributed by atoms with van der Waals surface area (Å²) < 4.78 is 15.9. The van der Waals surface area contributed by atoms with Crippen molar-refractivity contribution < 1.29 is 13.8 Å². The van der Waals surface area contributed by atoms with Gasteiger partial charge in [-0.15, -0.1) is 0 Å². The number of aryl methyl sites for hydroxylation is 2. The Hall–Kier alpha value is -2.43. The molecule has 24 heavy (non-hydrogen) atoms. The first-order valence-electron chi connectivity index (χ1n) is 8.36. The van der Waals surface area contributed by atoms with E-state index in [1.54, 1.807) is 12.1 Å². The smallest absolute Gasteiger partial charge is 0.229 e. The molecule has 0 bridgehead atoms. The van der Waals surface area contributed by atoms with Crippen molar-refractivity contribution in [3.8, 4) is 0 Å². The Morgan fingerprint density at radius 2 is 1.75 bits per heavy atom. The molecule has 1 fully saturated rings. The lowest BCUT2D eigenvalue weighted by Gasteiger charge is -2.36. The predicted octanol–water partition coefficient (Wildman–Crippen LogP) is 2.16. The first-order chi connectivity index (χ1) is 11.6. The van der Waals surface area contributed by atoms with Crippen molar-refractivity contribution >= 4 is 11.6 Å². The van der Waals surface area contributed by atoms with Gasteiger partial charge in [-0.1, -0.05) is 12.1 Å². The van der Waals surface area contributed by atoms with Crippen LogP contribution in [0.3, 0.4) is 0 Å². The maximum atomic E-state index is 13.8. The van der Waals surface area contributed by atoms with Crippen LogP contribution in [0.15, 0.2) is 48.8 Å². The van der Waals surface area contributed by atoms with E-state index in [0.717, 1.165) is 0 Å². The Morgan fingerprint density at radius 3 is 2.42 bits per heavy atom. The van der Waals surface area contributed by atoms with Gasteiger partial charge in [0.1, 0.15) is 5.82 Å². The summed E-state index contributed by atoms with van der Waals surface area (Å²) in [5, 5.41) is 0. The van der Waals surface area contributed by atoms with Crippen molar-refractivity contribution in [2.45, 2.75) is 19.9 Å². The SMILES string of the molecule is Cc1cc[n+](CCC(=O)N2CCN(c3ccccc3F)CC2)cc1. The van der Waals surface area contributed by atoms with E-state index in [4.69, 9.17) is 0 Å². The Balaban J connectivity index is 1.50. The van der Waals surface area contributed by atoms with Crippen LogP contribution in [0.5, 0.6) is 0 Å². The Morgan fingerprint density at radius 1 is 1.08 bits per heavy atom. The molecule has 4 nitrogen and oxygen atoms in total. The molecule has 1 aromatic carbocycles. The van der Waals surface area contributed by atoms with Gasteiger partial charge in [-0.3, -0.25) is 4.79 Å². The minimum absolute atomic E-state index is 0.163. The van der Waals surface area contributed by atoms with Crippen molar-refractivity contribution in [3.05, 3.63) is 60.2 Å². The molecular formula is C19H23FN3O+. The molecule has 0 spiro atoms. The summed E-state index contributed by atoms with van der Waals surface area (Å²) in [6.45, 7) is 5.36. The highest BCUT2D eigenvalue weighted by molar-refractivity contribution is 5.76. The molecule has 0 atom stereocenters. The third-order valence-corrected chi connectivity index (χ3v) is 4.47. The number of carbonyl (C=O) groups is 1. The fourth-order valence-corrected chi connectivity index (χ4v) is 2.97. The number of para-hydroxylation sites is 1. The van der Waals surface area contributed by atoms with Crippen molar-refractivity contribution in [2.75, 3.05) is 31.1 Å². The molecule has 2 heterocycles. The molecular weight excluding hydrogens is 305 g/mol. The highest BCUT2D eigenvalue weighted by atomic mass is 19.1. The molecule has 0 saturated carbocycles. The summed E-state index contributed by atoms with van der Waals surface area (Å²) in [6.07, 6.45) is 4.49. The van der Waals surface area contributed by atoms with E-state index in [2.05, 4.69) is 0 Å². The fourth-order valence-electron chi connectivity index (χ4n) is 2.97. The van der Waals surface area contributed by atoms with Gasteiger partial charge in [0, 0.05) is 38.3 Å². The number of amides is 1. The van der Waals surface area contributed by atoms with Crippen LogP contribution in [-0.2, 0) is 11.3 Å². The monoisotopic (exact) mass is 328 g/mol. The Kier molecular flexibility index (Phi) is 5.08. The van der Waals surface area contributed by atoms with Crippen LogP contribution in [0.4, 0.5) is 10.1 Å². The van der Waals surface area contributed by atoms with Gasteiger partial charge >= 0.3 is 0 Å². The van der Waals surface area contributed by atoms with Crippen LogP contribution in [0, 0.1) is 12.7 Å². The number of carbonyl (C=O) groups excluding carboxylic acids is 1. The maximum Gasteiger partial charge on any atom is 0.229 e. The third kappa shape index (κ3) is 3.91. The number of rotatable bonds is 4. The molecule has 1 aliphatic heterocycles. The van der Waals surface area contributed by atoms with Crippen LogP contribution >= 0.6 is 0 Å². The number of pyridine rings is 1. The van der Waals surface area contributed by atoms with E-state index in [1.807, 2.05) is 51.9 Å². The quantitative estimate of drug-likeness (QED) is 0.805. The van der Waals surface area contributed by atoms with Crippen molar-refractivity contribution in [1.82, 2.24) is 4.90 Å². The Labute approximate surface area is 142 Å². The zero-order valence-corrected chi connectivity index (χ0v) is 14.0. The lowest BCUT2D eigenvalue weighted by atomic mass is 10.2. The molecule has 5 heteroatoms. The number of piperazine rings is 1. The molecule has 1 aliphatic rings. The second-order valence-corrected chi connectivity index (χ2v) is 6.18. The summed E-state index contributed by atoms with van der Waals surface area (Å²) in [7, 11) is 0. The molecule has 0 aliphatic carbocycles. The zero-order valence-electron chi connectivity index (χ0n) is 14.0. The van der Waals surface area contributed by atoms with Crippen LogP contribution in [0.1, 0.15) is 12.0 Å². The van der Waals surface area contributed by atoms with Crippen LogP contribution < -0.4 is 9.47 Å². The van der Waals surface area contributed by atoms with Gasteiger partial charge in [0.15, 0.2) is 18.9 Å². The number of nitrogens with zero attached hydrogens (tertiary/aromatic N) is 3. The van der Waals surface area contributed by atoms with Crippen molar-refractivity contribution in [3.63, 3.8) is 0 Å². The van der Waals surface area contributed by atoms with E-state index >= 15 is 0 Å². The minimum Gasteiger partial charge on any atom is -0.366 e. The Bertz CT molecular complexity index is 694. The molecule has 1 aromatic heterocycles. The van der Waals surface area contributed by atoms with Gasteiger partial charge in [0.05, 0.1) is 12.1 Å². The number of anilines is 1. The van der Waals surface area contributed by atoms with E-state index < -0.39 is 0 Å². The number of hydrogen-bond donors (Lipinski definition) is 0. The van der Waals surface area contributed by atoms with Gasteiger partial charge in [-0.2, -0.15) is 0 Å². The fraction of sp³-hybridized carbons (Fsp3) is 0.368. The summed E-state index contributed by atoms with van der Waals surface area (Å²) >= 11 is 0. The van der Waals surface area contributed by atoms with Gasteiger partial charge in [0.25, 0.3) is 0 Å². The van der Waals surface area contributed by atoms with Crippen LogP contribution in [0.2, 0.25) is 0 Å². The van der Waals surface area contributed by atoms with E-state index in [0.29, 0.717) is 44.8 Å². The average molecular weight is 328 g/mol. The summed E-state index contributed by atoms with van der Waals surface area (Å²) in [4.78, 5) is 16.3. The van der Waals surface area contributed by atoms with Crippen LogP contribution in [-0.4, -0.2) is 37.0 Å². The maximum absolute atomic E-state index is 13.8. The number of hydrogen-bond acceptors (Lipinski definition) is 2. The number of halogens is 1. The molecule has 3 rings (SSSR count). The standard InChI is InChI=1S/C19H23FN3O/c1-16-6-9-21(10-7-16)11-8-19(24)23-14-12-22(13-15-23)18-5-3-2-4-17(18)20/h2-7,9-10H,8,11-15H2,1H3/q+1. The highest BCUT2D eigenvalue weighted by Gasteiger charge is 2.23. The number of aromatic nitrogens is 1. The van der Waals surface area contributed by atoms with Gasteiger partial charge < -0.3 is 9.80 Å². The molecule has 1 amide bonds. The summed E-state index contributed by atoms with van der Waals surface area (Å²) in [5.74, 6) is -0.0377. The predicted molar refractivity (Wildman–Crippen MR) is 91.2 cm³/mol. The molecule has 126 valence electrons. The minimum atomic E-state index is -0.201. The first kappa shape index (κ1) is 16.4. The van der Waals surface area contributed by atoms with E-state index in [9.17, 15) is 9.18 Å². The number of benzene rings is 1. The molecule has 2 aromatic rings. The van der Waals surface area contributed by atoms with Crippen LogP contribution in [0.25, 0.3) is 0 Å². The van der Waals surface area contributed by atoms with Gasteiger partial charge in [-0.25, -0.2) is 8.96 Å². The summed E-state index contributed by atoms with van der Waals surface area (Å²) in [6, 6.07) is 10.9. The third-order valence-electron chi connectivity index (χ3n) is 4.47. The average Bonchev–Trinajstić information content (AvgIpc) is 2.61. The largest absolute Gasteiger partial charge is 0.366 e. The molecule has 1 saturated heterocycles. The zero-order chi connectivity index (χ0) is 16.9. The topological polar surface area (TPSA) is 27.4 Å².